The molecule has 3 atom stereocenters. The van der Waals surface area contributed by atoms with Gasteiger partial charge in [0.15, 0.2) is 0 Å². The summed E-state index contributed by atoms with van der Waals surface area (Å²) in [5.74, 6) is -0.197. The second-order valence-electron chi connectivity index (χ2n) is 6.02. The Morgan fingerprint density at radius 3 is 2.67 bits per heavy atom. The molecular weight excluding hydrogens is 288 g/mol. The second kappa shape index (κ2) is 6.24. The van der Waals surface area contributed by atoms with Crippen LogP contribution in [0.3, 0.4) is 0 Å². The first-order chi connectivity index (χ1) is 10.1. The van der Waals surface area contributed by atoms with E-state index in [1.165, 1.54) is 0 Å². The summed E-state index contributed by atoms with van der Waals surface area (Å²) in [5.41, 5.74) is 1.14. The van der Waals surface area contributed by atoms with E-state index in [1.54, 1.807) is 0 Å². The van der Waals surface area contributed by atoms with Gasteiger partial charge in [0.05, 0.1) is 12.0 Å². The summed E-state index contributed by atoms with van der Waals surface area (Å²) in [7, 11) is 0. The molecule has 114 valence electrons. The summed E-state index contributed by atoms with van der Waals surface area (Å²) in [6, 6.07) is 7.96. The number of hydrogen-bond donors (Lipinski definition) is 2. The Hall–Kier alpha value is -1.26. The van der Waals surface area contributed by atoms with Crippen LogP contribution in [0.5, 0.6) is 0 Å². The molecule has 0 aromatic heterocycles. The van der Waals surface area contributed by atoms with Crippen LogP contribution >= 0.6 is 11.6 Å². The Morgan fingerprint density at radius 2 is 2.00 bits per heavy atom. The molecule has 3 rings (SSSR count). The highest BCUT2D eigenvalue weighted by molar-refractivity contribution is 6.30. The van der Waals surface area contributed by atoms with Crippen molar-refractivity contribution in [2.45, 2.75) is 37.8 Å². The Labute approximate surface area is 130 Å². The van der Waals surface area contributed by atoms with Crippen LogP contribution in [0, 0.1) is 5.92 Å². The van der Waals surface area contributed by atoms with Crippen LogP contribution < -0.4 is 10.2 Å². The number of aliphatic hydroxyl groups excluding tert-OH is 1. The fourth-order valence-electron chi connectivity index (χ4n) is 3.32. The van der Waals surface area contributed by atoms with Crippen molar-refractivity contribution in [3.05, 3.63) is 29.3 Å². The SMILES string of the molecule is O=C(NC1CCN(c2ccc(Cl)cc2)C1)C1CCCC1O. The van der Waals surface area contributed by atoms with Crippen LogP contribution in [-0.4, -0.2) is 36.2 Å². The number of aliphatic hydroxyl groups is 1. The molecule has 0 bridgehead atoms. The van der Waals surface area contributed by atoms with Gasteiger partial charge in [-0.15, -0.1) is 0 Å². The number of anilines is 1. The van der Waals surface area contributed by atoms with Crippen LogP contribution in [-0.2, 0) is 4.79 Å². The Kier molecular flexibility index (Phi) is 4.36. The van der Waals surface area contributed by atoms with E-state index in [4.69, 9.17) is 11.6 Å². The average Bonchev–Trinajstić information content (AvgIpc) is 3.09. The minimum Gasteiger partial charge on any atom is -0.392 e. The highest BCUT2D eigenvalue weighted by Crippen LogP contribution is 2.27. The monoisotopic (exact) mass is 308 g/mol. The lowest BCUT2D eigenvalue weighted by molar-refractivity contribution is -0.128. The van der Waals surface area contributed by atoms with Gasteiger partial charge in [0, 0.05) is 29.8 Å². The van der Waals surface area contributed by atoms with Gasteiger partial charge in [-0.05, 0) is 49.9 Å². The smallest absolute Gasteiger partial charge is 0.226 e. The molecule has 2 fully saturated rings. The lowest BCUT2D eigenvalue weighted by atomic mass is 10.0. The highest BCUT2D eigenvalue weighted by Gasteiger charge is 2.33. The molecule has 1 aromatic rings. The molecule has 1 aromatic carbocycles. The predicted octanol–water partition coefficient (Wildman–Crippen LogP) is 2.20. The topological polar surface area (TPSA) is 52.6 Å². The third-order valence-corrected chi connectivity index (χ3v) is 4.79. The van der Waals surface area contributed by atoms with Crippen molar-refractivity contribution < 1.29 is 9.90 Å². The minimum atomic E-state index is -0.459. The van der Waals surface area contributed by atoms with Crippen LogP contribution in [0.2, 0.25) is 5.02 Å². The van der Waals surface area contributed by atoms with Gasteiger partial charge < -0.3 is 15.3 Å². The molecule has 3 unspecified atom stereocenters. The summed E-state index contributed by atoms with van der Waals surface area (Å²) >= 11 is 5.90. The third-order valence-electron chi connectivity index (χ3n) is 4.54. The molecule has 1 saturated carbocycles. The molecule has 1 saturated heterocycles. The van der Waals surface area contributed by atoms with Crippen LogP contribution in [0.25, 0.3) is 0 Å². The largest absolute Gasteiger partial charge is 0.392 e. The summed E-state index contributed by atoms with van der Waals surface area (Å²) in [6.45, 7) is 1.75. The molecule has 2 aliphatic rings. The van der Waals surface area contributed by atoms with E-state index in [0.717, 1.165) is 49.5 Å². The van der Waals surface area contributed by atoms with Gasteiger partial charge in [0.25, 0.3) is 0 Å². The summed E-state index contributed by atoms with van der Waals surface area (Å²) in [5, 5.41) is 13.6. The van der Waals surface area contributed by atoms with E-state index in [9.17, 15) is 9.90 Å². The second-order valence-corrected chi connectivity index (χ2v) is 6.46. The zero-order chi connectivity index (χ0) is 14.8. The van der Waals surface area contributed by atoms with E-state index in [1.807, 2.05) is 24.3 Å². The number of carbonyl (C=O) groups excluding carboxylic acids is 1. The molecule has 0 radical (unpaired) electrons. The van der Waals surface area contributed by atoms with Crippen molar-refractivity contribution in [2.75, 3.05) is 18.0 Å². The van der Waals surface area contributed by atoms with Gasteiger partial charge in [-0.2, -0.15) is 0 Å². The zero-order valence-electron chi connectivity index (χ0n) is 12.0. The molecule has 5 heteroatoms. The standard InChI is InChI=1S/C16H21ClN2O2/c17-11-4-6-13(7-5-11)19-9-8-12(10-19)18-16(21)14-2-1-3-15(14)20/h4-7,12,14-15,20H,1-3,8-10H2,(H,18,21). The van der Waals surface area contributed by atoms with Gasteiger partial charge >= 0.3 is 0 Å². The Morgan fingerprint density at radius 1 is 1.24 bits per heavy atom. The van der Waals surface area contributed by atoms with E-state index < -0.39 is 6.10 Å². The molecule has 1 aliphatic carbocycles. The van der Waals surface area contributed by atoms with Crippen LogP contribution in [0.4, 0.5) is 5.69 Å². The van der Waals surface area contributed by atoms with E-state index >= 15 is 0 Å². The Bertz CT molecular complexity index is 506. The first-order valence-electron chi connectivity index (χ1n) is 7.62. The molecule has 0 spiro atoms. The lowest BCUT2D eigenvalue weighted by Crippen LogP contribution is -2.42. The zero-order valence-corrected chi connectivity index (χ0v) is 12.7. The van der Waals surface area contributed by atoms with Crippen molar-refractivity contribution >= 4 is 23.2 Å². The molecule has 1 heterocycles. The maximum Gasteiger partial charge on any atom is 0.226 e. The lowest BCUT2D eigenvalue weighted by Gasteiger charge is -2.21. The normalized spacial score (nSPS) is 28.9. The average molecular weight is 309 g/mol. The third kappa shape index (κ3) is 3.33. The number of amides is 1. The number of carbonyl (C=O) groups is 1. The number of halogens is 1. The summed E-state index contributed by atoms with van der Waals surface area (Å²) in [4.78, 5) is 14.4. The van der Waals surface area contributed by atoms with Gasteiger partial charge in [0.2, 0.25) is 5.91 Å². The maximum absolute atomic E-state index is 12.2. The van der Waals surface area contributed by atoms with E-state index in [2.05, 4.69) is 10.2 Å². The maximum atomic E-state index is 12.2. The van der Waals surface area contributed by atoms with Crippen LogP contribution in [0.15, 0.2) is 24.3 Å². The molecule has 21 heavy (non-hydrogen) atoms. The molecular formula is C16H21ClN2O2. The highest BCUT2D eigenvalue weighted by atomic mass is 35.5. The number of benzene rings is 1. The van der Waals surface area contributed by atoms with Crippen molar-refractivity contribution in [1.82, 2.24) is 5.32 Å². The molecule has 2 N–H and O–H groups in total. The number of hydrogen-bond acceptors (Lipinski definition) is 3. The first kappa shape index (κ1) is 14.7. The predicted molar refractivity (Wildman–Crippen MR) is 83.6 cm³/mol. The minimum absolute atomic E-state index is 0.0166. The summed E-state index contributed by atoms with van der Waals surface area (Å²) < 4.78 is 0. The first-order valence-corrected chi connectivity index (χ1v) is 8.00. The Balaban J connectivity index is 1.55. The fraction of sp³-hybridized carbons (Fsp3) is 0.562. The number of rotatable bonds is 3. The molecule has 1 aliphatic heterocycles. The van der Waals surface area contributed by atoms with E-state index in [0.29, 0.717) is 0 Å². The quantitative estimate of drug-likeness (QED) is 0.900. The summed E-state index contributed by atoms with van der Waals surface area (Å²) in [6.07, 6.45) is 2.98. The van der Waals surface area contributed by atoms with Crippen molar-refractivity contribution in [3.8, 4) is 0 Å². The number of nitrogens with one attached hydrogen (secondary N) is 1. The van der Waals surface area contributed by atoms with Crippen molar-refractivity contribution in [2.24, 2.45) is 5.92 Å². The van der Waals surface area contributed by atoms with Crippen molar-refractivity contribution in [3.63, 3.8) is 0 Å². The van der Waals surface area contributed by atoms with Crippen molar-refractivity contribution in [1.29, 1.82) is 0 Å². The van der Waals surface area contributed by atoms with Crippen LogP contribution in [0.1, 0.15) is 25.7 Å². The fourth-order valence-corrected chi connectivity index (χ4v) is 3.45. The number of nitrogens with zero attached hydrogens (tertiary/aromatic N) is 1. The van der Waals surface area contributed by atoms with E-state index in [-0.39, 0.29) is 17.9 Å². The van der Waals surface area contributed by atoms with Gasteiger partial charge in [-0.25, -0.2) is 0 Å². The van der Waals surface area contributed by atoms with Gasteiger partial charge in [-0.1, -0.05) is 11.6 Å². The van der Waals surface area contributed by atoms with Gasteiger partial charge in [0.1, 0.15) is 0 Å². The molecule has 1 amide bonds. The molecule has 4 nitrogen and oxygen atoms in total. The van der Waals surface area contributed by atoms with Gasteiger partial charge in [-0.3, -0.25) is 4.79 Å².